The largest absolute Gasteiger partial charge is 0.375 e. The van der Waals surface area contributed by atoms with Gasteiger partial charge in [0.25, 0.3) is 5.91 Å². The smallest absolute Gasteiger partial charge is 0.252 e. The van der Waals surface area contributed by atoms with Crippen LogP contribution in [0.1, 0.15) is 16.8 Å². The van der Waals surface area contributed by atoms with E-state index in [4.69, 9.17) is 0 Å². The van der Waals surface area contributed by atoms with Gasteiger partial charge in [0.1, 0.15) is 0 Å². The normalized spacial score (nSPS) is 10.5. The molecule has 0 unspecified atom stereocenters. The molecule has 1 heterocycles. The number of fused-ring (bicyclic) bond motifs is 1. The van der Waals surface area contributed by atoms with Gasteiger partial charge in [-0.05, 0) is 30.7 Å². The van der Waals surface area contributed by atoms with E-state index in [2.05, 4.69) is 34.4 Å². The van der Waals surface area contributed by atoms with E-state index < -0.39 is 0 Å². The maximum Gasteiger partial charge on any atom is 0.252 e. The molecular weight excluding hydrogens is 298 g/mol. The number of anilines is 1. The van der Waals surface area contributed by atoms with E-state index in [1.807, 2.05) is 42.5 Å². The summed E-state index contributed by atoms with van der Waals surface area (Å²) in [6.45, 7) is 1.54. The molecule has 122 valence electrons. The first-order chi connectivity index (χ1) is 11.8. The standard InChI is InChI=1S/C20H21N3O/c1-23(16-8-3-2-4-9-16)15-7-13-22-20(24)18-12-14-21-19-11-6-5-10-17(18)19/h2-6,8-12,14H,7,13,15H2,1H3,(H,22,24). The molecule has 0 aliphatic rings. The third kappa shape index (κ3) is 3.71. The number of carbonyl (C=O) groups excluding carboxylic acids is 1. The third-order valence-electron chi connectivity index (χ3n) is 4.05. The molecule has 3 rings (SSSR count). The van der Waals surface area contributed by atoms with Crippen LogP contribution in [0.4, 0.5) is 5.69 Å². The minimum Gasteiger partial charge on any atom is -0.375 e. The molecule has 4 nitrogen and oxygen atoms in total. The summed E-state index contributed by atoms with van der Waals surface area (Å²) in [7, 11) is 2.06. The number of carbonyl (C=O) groups is 1. The molecule has 1 N–H and O–H groups in total. The van der Waals surface area contributed by atoms with Crippen LogP contribution in [0.15, 0.2) is 66.9 Å². The molecule has 3 aromatic rings. The Kier molecular flexibility index (Phi) is 5.06. The molecule has 24 heavy (non-hydrogen) atoms. The average molecular weight is 319 g/mol. The van der Waals surface area contributed by atoms with Gasteiger partial charge in [0.2, 0.25) is 0 Å². The lowest BCUT2D eigenvalue weighted by atomic mass is 10.1. The first-order valence-corrected chi connectivity index (χ1v) is 8.14. The number of benzene rings is 2. The molecule has 0 bridgehead atoms. The summed E-state index contributed by atoms with van der Waals surface area (Å²) < 4.78 is 0. The van der Waals surface area contributed by atoms with Crippen LogP contribution in [0.3, 0.4) is 0 Å². The number of nitrogens with zero attached hydrogens (tertiary/aromatic N) is 2. The fourth-order valence-electron chi connectivity index (χ4n) is 2.72. The van der Waals surface area contributed by atoms with Crippen LogP contribution in [0.2, 0.25) is 0 Å². The molecule has 0 aliphatic heterocycles. The van der Waals surface area contributed by atoms with Crippen LogP contribution in [-0.2, 0) is 0 Å². The lowest BCUT2D eigenvalue weighted by Gasteiger charge is -2.19. The van der Waals surface area contributed by atoms with Crippen LogP contribution in [0, 0.1) is 0 Å². The second-order valence-electron chi connectivity index (χ2n) is 5.74. The third-order valence-corrected chi connectivity index (χ3v) is 4.05. The molecular formula is C20H21N3O. The zero-order valence-electron chi connectivity index (χ0n) is 13.8. The zero-order chi connectivity index (χ0) is 16.8. The molecule has 0 aliphatic carbocycles. The first-order valence-electron chi connectivity index (χ1n) is 8.14. The highest BCUT2D eigenvalue weighted by atomic mass is 16.1. The highest BCUT2D eigenvalue weighted by molar-refractivity contribution is 6.05. The number of aromatic nitrogens is 1. The molecule has 0 saturated carbocycles. The van der Waals surface area contributed by atoms with Crippen molar-refractivity contribution in [2.24, 2.45) is 0 Å². The van der Waals surface area contributed by atoms with Gasteiger partial charge in [-0.15, -0.1) is 0 Å². The summed E-state index contributed by atoms with van der Waals surface area (Å²) in [4.78, 5) is 18.9. The topological polar surface area (TPSA) is 45.2 Å². The molecule has 1 amide bonds. The summed E-state index contributed by atoms with van der Waals surface area (Å²) in [5.41, 5.74) is 2.70. The van der Waals surface area contributed by atoms with Gasteiger partial charge in [0, 0.05) is 37.4 Å². The number of para-hydroxylation sites is 2. The second-order valence-corrected chi connectivity index (χ2v) is 5.74. The first kappa shape index (κ1) is 16.0. The molecule has 0 radical (unpaired) electrons. The highest BCUT2D eigenvalue weighted by Crippen LogP contribution is 2.16. The monoisotopic (exact) mass is 319 g/mol. The van der Waals surface area contributed by atoms with Crippen molar-refractivity contribution < 1.29 is 4.79 Å². The Morgan fingerprint density at radius 3 is 2.62 bits per heavy atom. The minimum atomic E-state index is -0.0454. The van der Waals surface area contributed by atoms with E-state index in [0.717, 1.165) is 23.9 Å². The van der Waals surface area contributed by atoms with Crippen LogP contribution in [0.25, 0.3) is 10.9 Å². The summed E-state index contributed by atoms with van der Waals surface area (Å²) in [5.74, 6) is -0.0454. The van der Waals surface area contributed by atoms with E-state index in [1.54, 1.807) is 12.3 Å². The average Bonchev–Trinajstić information content (AvgIpc) is 2.65. The number of pyridine rings is 1. The highest BCUT2D eigenvalue weighted by Gasteiger charge is 2.09. The Bertz CT molecular complexity index is 812. The van der Waals surface area contributed by atoms with E-state index in [0.29, 0.717) is 12.1 Å². The van der Waals surface area contributed by atoms with Crippen LogP contribution in [-0.4, -0.2) is 31.0 Å². The van der Waals surface area contributed by atoms with Crippen molar-refractivity contribution in [1.82, 2.24) is 10.3 Å². The second kappa shape index (κ2) is 7.59. The number of hydrogen-bond donors (Lipinski definition) is 1. The Hall–Kier alpha value is -2.88. The van der Waals surface area contributed by atoms with Crippen LogP contribution >= 0.6 is 0 Å². The number of amides is 1. The molecule has 0 atom stereocenters. The number of rotatable bonds is 6. The Balaban J connectivity index is 1.54. The number of nitrogens with one attached hydrogen (secondary N) is 1. The van der Waals surface area contributed by atoms with E-state index in [9.17, 15) is 4.79 Å². The Morgan fingerprint density at radius 2 is 1.79 bits per heavy atom. The van der Waals surface area contributed by atoms with Crippen LogP contribution < -0.4 is 10.2 Å². The van der Waals surface area contributed by atoms with E-state index in [-0.39, 0.29) is 5.91 Å². The SMILES string of the molecule is CN(CCCNC(=O)c1ccnc2ccccc12)c1ccccc1. The van der Waals surface area contributed by atoms with Gasteiger partial charge in [-0.3, -0.25) is 9.78 Å². The van der Waals surface area contributed by atoms with Crippen molar-refractivity contribution in [1.29, 1.82) is 0 Å². The summed E-state index contributed by atoms with van der Waals surface area (Å²) in [5, 5.41) is 3.89. The summed E-state index contributed by atoms with van der Waals surface area (Å²) in [6, 6.07) is 19.7. The summed E-state index contributed by atoms with van der Waals surface area (Å²) >= 11 is 0. The zero-order valence-corrected chi connectivity index (χ0v) is 13.8. The van der Waals surface area contributed by atoms with E-state index in [1.165, 1.54) is 5.69 Å². The minimum absolute atomic E-state index is 0.0454. The lowest BCUT2D eigenvalue weighted by molar-refractivity contribution is 0.0955. The molecule has 2 aromatic carbocycles. The fraction of sp³-hybridized carbons (Fsp3) is 0.200. The van der Waals surface area contributed by atoms with Crippen molar-refractivity contribution >= 4 is 22.5 Å². The van der Waals surface area contributed by atoms with Gasteiger partial charge >= 0.3 is 0 Å². The van der Waals surface area contributed by atoms with Gasteiger partial charge in [0.15, 0.2) is 0 Å². The lowest BCUT2D eigenvalue weighted by Crippen LogP contribution is -2.28. The molecule has 0 saturated heterocycles. The quantitative estimate of drug-likeness (QED) is 0.707. The molecule has 1 aromatic heterocycles. The fourth-order valence-corrected chi connectivity index (χ4v) is 2.72. The van der Waals surface area contributed by atoms with Gasteiger partial charge in [0.05, 0.1) is 11.1 Å². The number of hydrogen-bond acceptors (Lipinski definition) is 3. The molecule has 4 heteroatoms. The maximum atomic E-state index is 12.4. The Morgan fingerprint density at radius 1 is 1.04 bits per heavy atom. The van der Waals surface area contributed by atoms with Gasteiger partial charge < -0.3 is 10.2 Å². The van der Waals surface area contributed by atoms with E-state index >= 15 is 0 Å². The predicted octanol–water partition coefficient (Wildman–Crippen LogP) is 3.49. The van der Waals surface area contributed by atoms with Crippen molar-refractivity contribution in [2.45, 2.75) is 6.42 Å². The van der Waals surface area contributed by atoms with Crippen molar-refractivity contribution in [3.63, 3.8) is 0 Å². The van der Waals surface area contributed by atoms with Crippen molar-refractivity contribution in [2.75, 3.05) is 25.0 Å². The predicted molar refractivity (Wildman–Crippen MR) is 98.4 cm³/mol. The maximum absolute atomic E-state index is 12.4. The van der Waals surface area contributed by atoms with Gasteiger partial charge in [-0.1, -0.05) is 36.4 Å². The van der Waals surface area contributed by atoms with Crippen LogP contribution in [0.5, 0.6) is 0 Å². The molecule has 0 fully saturated rings. The van der Waals surface area contributed by atoms with Crippen molar-refractivity contribution in [3.05, 3.63) is 72.4 Å². The van der Waals surface area contributed by atoms with Crippen molar-refractivity contribution in [3.8, 4) is 0 Å². The van der Waals surface area contributed by atoms with Gasteiger partial charge in [-0.2, -0.15) is 0 Å². The Labute approximate surface area is 142 Å². The summed E-state index contributed by atoms with van der Waals surface area (Å²) in [6.07, 6.45) is 2.57. The van der Waals surface area contributed by atoms with Gasteiger partial charge in [-0.25, -0.2) is 0 Å². The molecule has 0 spiro atoms.